The lowest BCUT2D eigenvalue weighted by Crippen LogP contribution is -2.55. The second kappa shape index (κ2) is 12.2. The molecule has 0 saturated carbocycles. The first-order valence-corrected chi connectivity index (χ1v) is 13.6. The zero-order chi connectivity index (χ0) is 29.4. The van der Waals surface area contributed by atoms with Crippen molar-refractivity contribution < 1.29 is 50.3 Å². The molecule has 0 amide bonds. The average Bonchev–Trinajstić information content (AvgIpc) is 2.99. The van der Waals surface area contributed by atoms with Crippen molar-refractivity contribution in [1.29, 1.82) is 0 Å². The van der Waals surface area contributed by atoms with Gasteiger partial charge in [-0.2, -0.15) is 0 Å². The average molecular weight is 569 g/mol. The highest BCUT2D eigenvalue weighted by atomic mass is 16.6. The molecule has 0 unspecified atom stereocenters. The first kappa shape index (κ1) is 29.7. The van der Waals surface area contributed by atoms with Crippen LogP contribution in [0.1, 0.15) is 28.9 Å². The van der Waals surface area contributed by atoms with Gasteiger partial charge in [-0.25, -0.2) is 0 Å². The summed E-state index contributed by atoms with van der Waals surface area (Å²) in [6, 6.07) is 20.8. The van der Waals surface area contributed by atoms with Crippen molar-refractivity contribution in [3.8, 4) is 22.3 Å². The molecule has 10 nitrogen and oxygen atoms in total. The van der Waals surface area contributed by atoms with Gasteiger partial charge in [0.05, 0.1) is 13.2 Å². The molecule has 10 atom stereocenters. The van der Waals surface area contributed by atoms with E-state index >= 15 is 0 Å². The Bertz CT molecular complexity index is 1310. The fourth-order valence-electron chi connectivity index (χ4n) is 5.63. The maximum atomic E-state index is 10.5. The van der Waals surface area contributed by atoms with Gasteiger partial charge in [0, 0.05) is 0 Å². The molecule has 220 valence electrons. The molecule has 3 aromatic rings. The molecule has 2 fully saturated rings. The number of benzene rings is 3. The van der Waals surface area contributed by atoms with Crippen molar-refractivity contribution in [1.82, 2.24) is 0 Å². The van der Waals surface area contributed by atoms with Crippen LogP contribution in [0.15, 0.2) is 66.7 Å². The van der Waals surface area contributed by atoms with Gasteiger partial charge in [0.25, 0.3) is 0 Å². The molecule has 3 aromatic carbocycles. The van der Waals surface area contributed by atoms with Gasteiger partial charge in [0.15, 0.2) is 0 Å². The molecular formula is C31H36O10. The predicted octanol–water partition coefficient (Wildman–Crippen LogP) is 0.359. The SMILES string of the molecule is Cc1cc(-c2ccc(-c3ccc([C@H]4O[C@H](CO)[C@@H](O)[C@H](O)[C@@H]4O)cc3)cc2)ccc1[C@H]1O[C@H](CO)[C@@H](O)[C@H](O)[C@@H]1O. The lowest BCUT2D eigenvalue weighted by atomic mass is 9.88. The monoisotopic (exact) mass is 568 g/mol. The molecule has 0 bridgehead atoms. The van der Waals surface area contributed by atoms with Crippen LogP contribution in [-0.2, 0) is 9.47 Å². The largest absolute Gasteiger partial charge is 0.394 e. The van der Waals surface area contributed by atoms with E-state index in [1.165, 1.54) is 0 Å². The van der Waals surface area contributed by atoms with Gasteiger partial charge in [0.2, 0.25) is 0 Å². The van der Waals surface area contributed by atoms with E-state index in [-0.39, 0.29) is 0 Å². The quantitative estimate of drug-likeness (QED) is 0.207. The minimum Gasteiger partial charge on any atom is -0.394 e. The number of aliphatic hydroxyl groups excluding tert-OH is 8. The van der Waals surface area contributed by atoms with E-state index in [1.54, 1.807) is 12.1 Å². The Hall–Kier alpha value is -2.74. The zero-order valence-corrected chi connectivity index (χ0v) is 22.4. The molecule has 0 radical (unpaired) electrons. The summed E-state index contributed by atoms with van der Waals surface area (Å²) in [5.74, 6) is 0. The summed E-state index contributed by atoms with van der Waals surface area (Å²) in [5, 5.41) is 80.2. The van der Waals surface area contributed by atoms with Gasteiger partial charge < -0.3 is 50.3 Å². The Morgan fingerprint density at radius 1 is 0.512 bits per heavy atom. The van der Waals surface area contributed by atoms with Gasteiger partial charge in [-0.05, 0) is 45.9 Å². The minimum atomic E-state index is -1.44. The molecule has 5 rings (SSSR count). The fourth-order valence-corrected chi connectivity index (χ4v) is 5.63. The van der Waals surface area contributed by atoms with Crippen LogP contribution in [0, 0.1) is 6.92 Å². The molecule has 2 aliphatic heterocycles. The van der Waals surface area contributed by atoms with Gasteiger partial charge in [-0.1, -0.05) is 66.7 Å². The third-order valence-electron chi connectivity index (χ3n) is 8.15. The van der Waals surface area contributed by atoms with Crippen LogP contribution in [0.4, 0.5) is 0 Å². The van der Waals surface area contributed by atoms with Crippen LogP contribution >= 0.6 is 0 Å². The van der Waals surface area contributed by atoms with E-state index < -0.39 is 74.3 Å². The molecule has 0 aromatic heterocycles. The highest BCUT2D eigenvalue weighted by Gasteiger charge is 2.45. The molecule has 41 heavy (non-hydrogen) atoms. The Kier molecular flexibility index (Phi) is 8.88. The second-order valence-corrected chi connectivity index (χ2v) is 10.8. The molecular weight excluding hydrogens is 532 g/mol. The van der Waals surface area contributed by atoms with Gasteiger partial charge in [0.1, 0.15) is 61.0 Å². The van der Waals surface area contributed by atoms with E-state index in [9.17, 15) is 40.9 Å². The summed E-state index contributed by atoms with van der Waals surface area (Å²) < 4.78 is 11.4. The van der Waals surface area contributed by atoms with Crippen LogP contribution in [0.3, 0.4) is 0 Å². The van der Waals surface area contributed by atoms with Crippen LogP contribution in [0.2, 0.25) is 0 Å². The van der Waals surface area contributed by atoms with Crippen molar-refractivity contribution in [2.45, 2.75) is 68.0 Å². The summed E-state index contributed by atoms with van der Waals surface area (Å²) in [5.41, 5.74) is 5.83. The van der Waals surface area contributed by atoms with Crippen LogP contribution in [-0.4, -0.2) is 103 Å². The van der Waals surface area contributed by atoms with E-state index in [4.69, 9.17) is 9.47 Å². The normalized spacial score (nSPS) is 34.0. The molecule has 2 aliphatic rings. The van der Waals surface area contributed by atoms with E-state index in [0.29, 0.717) is 11.1 Å². The topological polar surface area (TPSA) is 180 Å². The summed E-state index contributed by atoms with van der Waals surface area (Å²) in [6.07, 6.45) is -12.1. The number of aliphatic hydroxyl groups is 8. The molecule has 2 heterocycles. The summed E-state index contributed by atoms with van der Waals surface area (Å²) in [7, 11) is 0. The third-order valence-corrected chi connectivity index (χ3v) is 8.15. The zero-order valence-electron chi connectivity index (χ0n) is 22.4. The first-order chi connectivity index (χ1) is 19.6. The number of rotatable bonds is 6. The highest BCUT2D eigenvalue weighted by Crippen LogP contribution is 2.37. The van der Waals surface area contributed by atoms with Crippen LogP contribution in [0.25, 0.3) is 22.3 Å². The smallest absolute Gasteiger partial charge is 0.113 e. The highest BCUT2D eigenvalue weighted by molar-refractivity contribution is 5.71. The maximum Gasteiger partial charge on any atom is 0.113 e. The van der Waals surface area contributed by atoms with Gasteiger partial charge in [-0.3, -0.25) is 0 Å². The van der Waals surface area contributed by atoms with E-state index in [2.05, 4.69) is 0 Å². The van der Waals surface area contributed by atoms with Crippen molar-refractivity contribution in [2.75, 3.05) is 13.2 Å². The van der Waals surface area contributed by atoms with E-state index in [1.807, 2.05) is 61.5 Å². The number of hydrogen-bond donors (Lipinski definition) is 8. The minimum absolute atomic E-state index is 0.484. The molecule has 10 heteroatoms. The van der Waals surface area contributed by atoms with Crippen molar-refractivity contribution >= 4 is 0 Å². The van der Waals surface area contributed by atoms with Gasteiger partial charge in [-0.15, -0.1) is 0 Å². The Morgan fingerprint density at radius 3 is 1.41 bits per heavy atom. The summed E-state index contributed by atoms with van der Waals surface area (Å²) in [4.78, 5) is 0. The van der Waals surface area contributed by atoms with Crippen LogP contribution < -0.4 is 0 Å². The molecule has 0 aliphatic carbocycles. The van der Waals surface area contributed by atoms with Crippen LogP contribution in [0.5, 0.6) is 0 Å². The summed E-state index contributed by atoms with van der Waals surface area (Å²) >= 11 is 0. The van der Waals surface area contributed by atoms with Crippen molar-refractivity contribution in [3.05, 3.63) is 83.4 Å². The number of aryl methyl sites for hydroxylation is 1. The lowest BCUT2D eigenvalue weighted by molar-refractivity contribution is -0.231. The predicted molar refractivity (Wildman–Crippen MR) is 147 cm³/mol. The van der Waals surface area contributed by atoms with Crippen molar-refractivity contribution in [2.24, 2.45) is 0 Å². The number of ether oxygens (including phenoxy) is 2. The maximum absolute atomic E-state index is 10.5. The van der Waals surface area contributed by atoms with E-state index in [0.717, 1.165) is 27.8 Å². The second-order valence-electron chi connectivity index (χ2n) is 10.8. The first-order valence-electron chi connectivity index (χ1n) is 13.6. The Balaban J connectivity index is 1.31. The van der Waals surface area contributed by atoms with Crippen molar-refractivity contribution in [3.63, 3.8) is 0 Å². The molecule has 2 saturated heterocycles. The fraction of sp³-hybridized carbons (Fsp3) is 0.419. The Labute approximate surface area is 237 Å². The third kappa shape index (κ3) is 5.69. The lowest BCUT2D eigenvalue weighted by Gasteiger charge is -2.40. The molecule has 0 spiro atoms. The Morgan fingerprint density at radius 2 is 0.927 bits per heavy atom. The number of hydrogen-bond acceptors (Lipinski definition) is 10. The van der Waals surface area contributed by atoms with Gasteiger partial charge >= 0.3 is 0 Å². The summed E-state index contributed by atoms with van der Waals surface area (Å²) in [6.45, 7) is 0.898. The molecule has 8 N–H and O–H groups in total. The standard InChI is InChI=1S/C31H36O10/c1-15-12-20(10-11-21(15)31-29(39)27(37)25(35)23(14-33)41-31)18-4-2-16(3-5-18)17-6-8-19(9-7-17)30-28(38)26(36)24(34)22(13-32)40-30/h2-12,22-39H,13-14H2,1H3/t22-,23-,24-,25-,26+,27+,28+,29+,30-,31-/m1/s1.